The molecule has 2 aliphatic heterocycles. The van der Waals surface area contributed by atoms with Crippen LogP contribution in [0, 0.1) is 11.8 Å². The SMILES string of the molecule is CN(C(=O)c1ccsc1)C(Cc1ccccc1)C1CCN(C(=O)C2NNC3CCCCC32)CC1. The van der Waals surface area contributed by atoms with E-state index in [9.17, 15) is 9.59 Å². The Morgan fingerprint density at radius 1 is 1.06 bits per heavy atom. The summed E-state index contributed by atoms with van der Waals surface area (Å²) >= 11 is 1.56. The quantitative estimate of drug-likeness (QED) is 0.662. The number of thiophene rings is 1. The number of carbonyl (C=O) groups excluding carboxylic acids is 2. The van der Waals surface area contributed by atoms with Crippen molar-refractivity contribution in [2.75, 3.05) is 20.1 Å². The van der Waals surface area contributed by atoms with E-state index >= 15 is 0 Å². The molecule has 1 aromatic carbocycles. The van der Waals surface area contributed by atoms with Gasteiger partial charge in [0.15, 0.2) is 0 Å². The van der Waals surface area contributed by atoms with Gasteiger partial charge in [-0.15, -0.1) is 0 Å². The third-order valence-electron chi connectivity index (χ3n) is 8.21. The van der Waals surface area contributed by atoms with Crippen molar-refractivity contribution in [3.05, 3.63) is 58.3 Å². The molecule has 3 heterocycles. The minimum atomic E-state index is -0.0928. The first-order valence-electron chi connectivity index (χ1n) is 12.7. The molecule has 0 radical (unpaired) electrons. The maximum atomic E-state index is 13.4. The van der Waals surface area contributed by atoms with Crippen molar-refractivity contribution in [3.8, 4) is 0 Å². The van der Waals surface area contributed by atoms with Crippen molar-refractivity contribution in [2.24, 2.45) is 11.8 Å². The molecule has 3 aliphatic rings. The van der Waals surface area contributed by atoms with E-state index < -0.39 is 0 Å². The van der Waals surface area contributed by atoms with Gasteiger partial charge in [0.2, 0.25) is 5.91 Å². The molecule has 5 rings (SSSR count). The topological polar surface area (TPSA) is 64.7 Å². The smallest absolute Gasteiger partial charge is 0.254 e. The van der Waals surface area contributed by atoms with E-state index in [1.807, 2.05) is 34.8 Å². The molecule has 2 saturated heterocycles. The number of hydrogen-bond acceptors (Lipinski definition) is 5. The summed E-state index contributed by atoms with van der Waals surface area (Å²) in [6.45, 7) is 1.54. The van der Waals surface area contributed by atoms with Gasteiger partial charge in [-0.2, -0.15) is 11.3 Å². The summed E-state index contributed by atoms with van der Waals surface area (Å²) in [5.74, 6) is 1.13. The van der Waals surface area contributed by atoms with Gasteiger partial charge in [-0.1, -0.05) is 43.2 Å². The molecule has 2 N–H and O–H groups in total. The lowest BCUT2D eigenvalue weighted by molar-refractivity contribution is -0.136. The van der Waals surface area contributed by atoms with E-state index in [1.165, 1.54) is 18.4 Å². The number of likely N-dealkylation sites (tertiary alicyclic amines) is 1. The molecule has 1 aromatic heterocycles. The Balaban J connectivity index is 1.25. The Kier molecular flexibility index (Phi) is 7.32. The number of carbonyl (C=O) groups is 2. The zero-order valence-electron chi connectivity index (χ0n) is 20.0. The average molecular weight is 481 g/mol. The van der Waals surface area contributed by atoms with E-state index in [0.717, 1.165) is 50.8 Å². The highest BCUT2D eigenvalue weighted by Crippen LogP contribution is 2.33. The van der Waals surface area contributed by atoms with Crippen LogP contribution in [-0.2, 0) is 11.2 Å². The van der Waals surface area contributed by atoms with Crippen LogP contribution in [0.4, 0.5) is 0 Å². The lowest BCUT2D eigenvalue weighted by Crippen LogP contribution is -2.53. The van der Waals surface area contributed by atoms with Crippen molar-refractivity contribution in [3.63, 3.8) is 0 Å². The Bertz CT molecular complexity index is 958. The van der Waals surface area contributed by atoms with E-state index in [4.69, 9.17) is 0 Å². The van der Waals surface area contributed by atoms with Crippen LogP contribution < -0.4 is 10.9 Å². The van der Waals surface area contributed by atoms with Gasteiger partial charge >= 0.3 is 0 Å². The predicted molar refractivity (Wildman–Crippen MR) is 135 cm³/mol. The number of hydrazine groups is 1. The van der Waals surface area contributed by atoms with Crippen LogP contribution in [0.25, 0.3) is 0 Å². The number of nitrogens with zero attached hydrogens (tertiary/aromatic N) is 2. The second-order valence-corrected chi connectivity index (χ2v) is 10.9. The minimum absolute atomic E-state index is 0.0882. The highest BCUT2D eigenvalue weighted by Gasteiger charge is 2.43. The van der Waals surface area contributed by atoms with Crippen molar-refractivity contribution in [1.29, 1.82) is 0 Å². The Morgan fingerprint density at radius 3 is 2.56 bits per heavy atom. The summed E-state index contributed by atoms with van der Waals surface area (Å²) in [6.07, 6.45) is 7.47. The monoisotopic (exact) mass is 480 g/mol. The number of fused-ring (bicyclic) bond motifs is 1. The number of nitrogens with one attached hydrogen (secondary N) is 2. The maximum Gasteiger partial charge on any atom is 0.254 e. The van der Waals surface area contributed by atoms with Crippen molar-refractivity contribution >= 4 is 23.2 Å². The van der Waals surface area contributed by atoms with Crippen LogP contribution in [0.2, 0.25) is 0 Å². The Morgan fingerprint density at radius 2 is 1.82 bits per heavy atom. The van der Waals surface area contributed by atoms with Gasteiger partial charge in [0.1, 0.15) is 6.04 Å². The molecule has 182 valence electrons. The molecule has 7 heteroatoms. The molecule has 1 saturated carbocycles. The molecule has 2 amide bonds. The van der Waals surface area contributed by atoms with Gasteiger partial charge in [0.05, 0.1) is 5.56 Å². The first-order chi connectivity index (χ1) is 16.6. The number of hydrogen-bond donors (Lipinski definition) is 2. The fourth-order valence-corrected chi connectivity index (χ4v) is 6.83. The number of likely N-dealkylation sites (N-methyl/N-ethyl adjacent to an activating group) is 1. The summed E-state index contributed by atoms with van der Waals surface area (Å²) in [5, 5.41) is 3.89. The van der Waals surface area contributed by atoms with Crippen LogP contribution >= 0.6 is 11.3 Å². The summed E-state index contributed by atoms with van der Waals surface area (Å²) in [6, 6.07) is 12.8. The molecule has 4 atom stereocenters. The summed E-state index contributed by atoms with van der Waals surface area (Å²) in [5.41, 5.74) is 8.72. The molecule has 3 fully saturated rings. The third kappa shape index (κ3) is 4.92. The summed E-state index contributed by atoms with van der Waals surface area (Å²) < 4.78 is 0. The molecule has 1 aliphatic carbocycles. The highest BCUT2D eigenvalue weighted by molar-refractivity contribution is 7.08. The lowest BCUT2D eigenvalue weighted by Gasteiger charge is -2.41. The van der Waals surface area contributed by atoms with Gasteiger partial charge < -0.3 is 9.80 Å². The molecule has 34 heavy (non-hydrogen) atoms. The van der Waals surface area contributed by atoms with E-state index in [0.29, 0.717) is 17.9 Å². The van der Waals surface area contributed by atoms with Crippen LogP contribution in [0.5, 0.6) is 0 Å². The first-order valence-corrected chi connectivity index (χ1v) is 13.7. The molecule has 4 unspecified atom stereocenters. The fourth-order valence-electron chi connectivity index (χ4n) is 6.20. The molecule has 0 bridgehead atoms. The van der Waals surface area contributed by atoms with E-state index in [2.05, 4.69) is 40.0 Å². The number of benzene rings is 1. The van der Waals surface area contributed by atoms with Crippen molar-refractivity contribution in [1.82, 2.24) is 20.7 Å². The second-order valence-electron chi connectivity index (χ2n) is 10.2. The number of rotatable bonds is 6. The van der Waals surface area contributed by atoms with Crippen LogP contribution in [0.1, 0.15) is 54.4 Å². The highest BCUT2D eigenvalue weighted by atomic mass is 32.1. The predicted octanol–water partition coefficient (Wildman–Crippen LogP) is 3.71. The summed E-state index contributed by atoms with van der Waals surface area (Å²) in [4.78, 5) is 30.6. The van der Waals surface area contributed by atoms with Gasteiger partial charge in [-0.3, -0.25) is 15.0 Å². The molecule has 0 spiro atoms. The number of amides is 2. The summed E-state index contributed by atoms with van der Waals surface area (Å²) in [7, 11) is 1.95. The normalized spacial score (nSPS) is 26.1. The van der Waals surface area contributed by atoms with E-state index in [-0.39, 0.29) is 23.9 Å². The first kappa shape index (κ1) is 23.5. The second kappa shape index (κ2) is 10.6. The van der Waals surface area contributed by atoms with Crippen LogP contribution in [0.3, 0.4) is 0 Å². The van der Waals surface area contributed by atoms with Gasteiger partial charge in [-0.05, 0) is 55.0 Å². The van der Waals surface area contributed by atoms with Gasteiger partial charge in [0, 0.05) is 43.5 Å². The zero-order chi connectivity index (χ0) is 23.5. The van der Waals surface area contributed by atoms with E-state index in [1.54, 1.807) is 11.3 Å². The zero-order valence-corrected chi connectivity index (χ0v) is 20.8. The molecule has 2 aromatic rings. The molecular weight excluding hydrogens is 444 g/mol. The minimum Gasteiger partial charge on any atom is -0.341 e. The van der Waals surface area contributed by atoms with Crippen molar-refractivity contribution < 1.29 is 9.59 Å². The Hall–Kier alpha value is -2.22. The third-order valence-corrected chi connectivity index (χ3v) is 8.89. The van der Waals surface area contributed by atoms with Crippen LogP contribution in [0.15, 0.2) is 47.2 Å². The lowest BCUT2D eigenvalue weighted by atomic mass is 9.80. The average Bonchev–Trinajstić information content (AvgIpc) is 3.57. The van der Waals surface area contributed by atoms with Crippen molar-refractivity contribution in [2.45, 2.75) is 63.1 Å². The molecular formula is C27H36N4O2S. The Labute approximate surface area is 206 Å². The van der Waals surface area contributed by atoms with Crippen LogP contribution in [-0.4, -0.2) is 59.9 Å². The standard InChI is InChI=1S/C27H36N4O2S/c1-30(26(32)21-13-16-34-18-21)24(17-19-7-3-2-4-8-19)20-11-14-31(15-12-20)27(33)25-22-9-5-6-10-23(22)28-29-25/h2-4,7-8,13,16,18,20,22-25,28-29H,5-6,9-12,14-15,17H2,1H3. The fraction of sp³-hybridized carbons (Fsp3) is 0.556. The maximum absolute atomic E-state index is 13.4. The molecule has 6 nitrogen and oxygen atoms in total. The largest absolute Gasteiger partial charge is 0.341 e. The van der Waals surface area contributed by atoms with Gasteiger partial charge in [-0.25, -0.2) is 5.43 Å². The number of piperidine rings is 1. The van der Waals surface area contributed by atoms with Gasteiger partial charge in [0.25, 0.3) is 5.91 Å².